The summed E-state index contributed by atoms with van der Waals surface area (Å²) < 4.78 is 56.8. The Morgan fingerprint density at radius 1 is 1.04 bits per heavy atom. The van der Waals surface area contributed by atoms with Crippen LogP contribution in [0.2, 0.25) is 0 Å². The highest BCUT2D eigenvalue weighted by atomic mass is 32.2. The summed E-state index contributed by atoms with van der Waals surface area (Å²) in [6, 6.07) is 11.2. The highest BCUT2D eigenvalue weighted by Crippen LogP contribution is 2.16. The van der Waals surface area contributed by atoms with E-state index in [4.69, 9.17) is 4.18 Å². The molecule has 0 fully saturated rings. The third-order valence-corrected chi connectivity index (χ3v) is 4.76. The van der Waals surface area contributed by atoms with E-state index in [1.165, 1.54) is 35.1 Å². The summed E-state index contributed by atoms with van der Waals surface area (Å²) in [7, 11) is -3.90. The molecule has 0 aliphatic heterocycles. The number of hydrogen-bond donors (Lipinski definition) is 0. The van der Waals surface area contributed by atoms with E-state index in [9.17, 15) is 17.2 Å². The molecular weight excluding hydrogens is 350 g/mol. The number of hydrogen-bond acceptors (Lipinski definition) is 4. The Balaban J connectivity index is 1.73. The van der Waals surface area contributed by atoms with E-state index >= 15 is 0 Å². The zero-order valence-corrected chi connectivity index (χ0v) is 14.0. The van der Waals surface area contributed by atoms with E-state index in [1.54, 1.807) is 12.1 Å². The van der Waals surface area contributed by atoms with Gasteiger partial charge in [0.25, 0.3) is 10.1 Å². The van der Waals surface area contributed by atoms with Gasteiger partial charge in [0.1, 0.15) is 6.61 Å². The summed E-state index contributed by atoms with van der Waals surface area (Å²) in [5.41, 5.74) is 1.58. The van der Waals surface area contributed by atoms with E-state index in [2.05, 4.69) is 5.10 Å². The molecule has 5 nitrogen and oxygen atoms in total. The van der Waals surface area contributed by atoms with Crippen LogP contribution in [-0.2, 0) is 20.9 Å². The molecule has 0 atom stereocenters. The van der Waals surface area contributed by atoms with Gasteiger partial charge >= 0.3 is 0 Å². The third kappa shape index (κ3) is 3.92. The molecule has 25 heavy (non-hydrogen) atoms. The van der Waals surface area contributed by atoms with Crippen LogP contribution in [-0.4, -0.2) is 18.2 Å². The average molecular weight is 364 g/mol. The fourth-order valence-corrected chi connectivity index (χ4v) is 3.00. The first kappa shape index (κ1) is 17.2. The lowest BCUT2D eigenvalue weighted by Gasteiger charge is -2.05. The van der Waals surface area contributed by atoms with Crippen molar-refractivity contribution in [1.82, 2.24) is 9.78 Å². The van der Waals surface area contributed by atoms with Gasteiger partial charge in [-0.3, -0.25) is 4.18 Å². The van der Waals surface area contributed by atoms with Crippen molar-refractivity contribution < 1.29 is 21.4 Å². The third-order valence-electron chi connectivity index (χ3n) is 3.48. The van der Waals surface area contributed by atoms with Gasteiger partial charge in [0.2, 0.25) is 0 Å². The Labute approximate surface area is 143 Å². The standard InChI is InChI=1S/C17H14F2N2O3S/c1-12-2-5-15(6-3-12)25(22,23)24-11-13-8-9-21(20-13)14-4-7-16(18)17(19)10-14/h2-10H,11H2,1H3. The van der Waals surface area contributed by atoms with E-state index in [-0.39, 0.29) is 11.5 Å². The van der Waals surface area contributed by atoms with Crippen LogP contribution in [0.5, 0.6) is 0 Å². The van der Waals surface area contributed by atoms with Crippen LogP contribution in [0.25, 0.3) is 5.69 Å². The summed E-state index contributed by atoms with van der Waals surface area (Å²) >= 11 is 0. The predicted molar refractivity (Wildman–Crippen MR) is 86.6 cm³/mol. The fourth-order valence-electron chi connectivity index (χ4n) is 2.12. The normalized spacial score (nSPS) is 11.6. The molecule has 130 valence electrons. The zero-order chi connectivity index (χ0) is 18.0. The molecule has 2 aromatic carbocycles. The predicted octanol–water partition coefficient (Wildman–Crippen LogP) is 3.36. The van der Waals surface area contributed by atoms with Crippen molar-refractivity contribution in [2.24, 2.45) is 0 Å². The van der Waals surface area contributed by atoms with Crippen molar-refractivity contribution in [1.29, 1.82) is 0 Å². The summed E-state index contributed by atoms with van der Waals surface area (Å²) in [5.74, 6) is -1.95. The molecule has 0 radical (unpaired) electrons. The van der Waals surface area contributed by atoms with Gasteiger partial charge < -0.3 is 0 Å². The Morgan fingerprint density at radius 2 is 1.76 bits per heavy atom. The Hall–Kier alpha value is -2.58. The quantitative estimate of drug-likeness (QED) is 0.652. The molecule has 8 heteroatoms. The fraction of sp³-hybridized carbons (Fsp3) is 0.118. The summed E-state index contributed by atoms with van der Waals surface area (Å²) in [6.45, 7) is 1.58. The van der Waals surface area contributed by atoms with Crippen LogP contribution >= 0.6 is 0 Å². The summed E-state index contributed by atoms with van der Waals surface area (Å²) in [6.07, 6.45) is 1.50. The van der Waals surface area contributed by atoms with Crippen molar-refractivity contribution in [3.05, 3.63) is 77.6 Å². The second-order valence-electron chi connectivity index (χ2n) is 5.38. The minimum atomic E-state index is -3.90. The minimum absolute atomic E-state index is 0.0538. The van der Waals surface area contributed by atoms with Crippen molar-refractivity contribution in [2.75, 3.05) is 0 Å². The van der Waals surface area contributed by atoms with Crippen LogP contribution < -0.4 is 0 Å². The van der Waals surface area contributed by atoms with Crippen molar-refractivity contribution in [3.8, 4) is 5.69 Å². The van der Waals surface area contributed by atoms with Crippen LogP contribution in [0.1, 0.15) is 11.3 Å². The second kappa shape index (κ2) is 6.73. The molecule has 0 N–H and O–H groups in total. The minimum Gasteiger partial charge on any atom is -0.260 e. The lowest BCUT2D eigenvalue weighted by molar-refractivity contribution is 0.303. The number of halogens is 2. The second-order valence-corrected chi connectivity index (χ2v) is 6.99. The van der Waals surface area contributed by atoms with Gasteiger partial charge in [0.15, 0.2) is 11.6 Å². The van der Waals surface area contributed by atoms with Gasteiger partial charge in [-0.05, 0) is 37.3 Å². The molecule has 0 bridgehead atoms. The molecule has 0 aliphatic rings. The van der Waals surface area contributed by atoms with Gasteiger partial charge in [-0.2, -0.15) is 13.5 Å². The van der Waals surface area contributed by atoms with E-state index in [1.807, 2.05) is 6.92 Å². The topological polar surface area (TPSA) is 61.2 Å². The van der Waals surface area contributed by atoms with Crippen molar-refractivity contribution in [3.63, 3.8) is 0 Å². The number of aromatic nitrogens is 2. The molecule has 0 aliphatic carbocycles. The smallest absolute Gasteiger partial charge is 0.260 e. The molecule has 0 amide bonds. The molecular formula is C17H14F2N2O3S. The van der Waals surface area contributed by atoms with Gasteiger partial charge in [-0.15, -0.1) is 0 Å². The Morgan fingerprint density at radius 3 is 2.44 bits per heavy atom. The average Bonchev–Trinajstić information content (AvgIpc) is 3.05. The van der Waals surface area contributed by atoms with Crippen LogP contribution in [0, 0.1) is 18.6 Å². The monoisotopic (exact) mass is 364 g/mol. The molecule has 0 saturated carbocycles. The highest BCUT2D eigenvalue weighted by molar-refractivity contribution is 7.86. The van der Waals surface area contributed by atoms with Crippen LogP contribution in [0.15, 0.2) is 59.6 Å². The first-order valence-electron chi connectivity index (χ1n) is 7.31. The van der Waals surface area contributed by atoms with Gasteiger partial charge in [-0.25, -0.2) is 13.5 Å². The maximum Gasteiger partial charge on any atom is 0.297 e. The van der Waals surface area contributed by atoms with E-state index < -0.39 is 21.8 Å². The summed E-state index contributed by atoms with van der Waals surface area (Å²) in [5, 5.41) is 4.10. The number of aryl methyl sites for hydroxylation is 1. The van der Waals surface area contributed by atoms with E-state index in [0.29, 0.717) is 11.4 Å². The highest BCUT2D eigenvalue weighted by Gasteiger charge is 2.16. The van der Waals surface area contributed by atoms with Gasteiger partial charge in [0.05, 0.1) is 16.3 Å². The molecule has 0 saturated heterocycles. The maximum atomic E-state index is 13.3. The van der Waals surface area contributed by atoms with Crippen LogP contribution in [0.3, 0.4) is 0 Å². The Kier molecular flexibility index (Phi) is 4.65. The molecule has 0 unspecified atom stereocenters. The van der Waals surface area contributed by atoms with Gasteiger partial charge in [-0.1, -0.05) is 17.7 Å². The van der Waals surface area contributed by atoms with E-state index in [0.717, 1.165) is 17.7 Å². The Bertz CT molecular complexity index is 999. The maximum absolute atomic E-state index is 13.3. The van der Waals surface area contributed by atoms with Gasteiger partial charge in [0, 0.05) is 12.3 Å². The first-order chi connectivity index (χ1) is 11.8. The zero-order valence-electron chi connectivity index (χ0n) is 13.2. The number of benzene rings is 2. The first-order valence-corrected chi connectivity index (χ1v) is 8.72. The number of rotatable bonds is 5. The molecule has 0 spiro atoms. The molecule has 1 heterocycles. The largest absolute Gasteiger partial charge is 0.297 e. The lowest BCUT2D eigenvalue weighted by atomic mass is 10.2. The van der Waals surface area contributed by atoms with Crippen molar-refractivity contribution >= 4 is 10.1 Å². The molecule has 1 aromatic heterocycles. The molecule has 3 aromatic rings. The summed E-state index contributed by atoms with van der Waals surface area (Å²) in [4.78, 5) is 0.0538. The number of nitrogens with zero attached hydrogens (tertiary/aromatic N) is 2. The molecule has 3 rings (SSSR count). The SMILES string of the molecule is Cc1ccc(S(=O)(=O)OCc2ccn(-c3ccc(F)c(F)c3)n2)cc1. The van der Waals surface area contributed by atoms with Crippen molar-refractivity contribution in [2.45, 2.75) is 18.4 Å². The van der Waals surface area contributed by atoms with Crippen LogP contribution in [0.4, 0.5) is 8.78 Å². The lowest BCUT2D eigenvalue weighted by Crippen LogP contribution is -2.07.